The molecule has 2 amide bonds. The summed E-state index contributed by atoms with van der Waals surface area (Å²) in [5.74, 6) is 0.459. The van der Waals surface area contributed by atoms with Gasteiger partial charge in [0, 0.05) is 38.0 Å². The second-order valence-corrected chi connectivity index (χ2v) is 5.63. The van der Waals surface area contributed by atoms with Crippen LogP contribution in [0.1, 0.15) is 19.0 Å². The molecule has 1 atom stereocenters. The number of hydrogen-bond donors (Lipinski definition) is 1. The van der Waals surface area contributed by atoms with Crippen LogP contribution in [-0.2, 0) is 11.3 Å². The van der Waals surface area contributed by atoms with Crippen LogP contribution in [0.4, 0.5) is 4.79 Å². The third kappa shape index (κ3) is 3.39. The molecule has 118 valence electrons. The first-order valence-corrected chi connectivity index (χ1v) is 7.79. The summed E-state index contributed by atoms with van der Waals surface area (Å²) in [5, 5.41) is 2.96. The van der Waals surface area contributed by atoms with Crippen LogP contribution in [0, 0.1) is 5.92 Å². The van der Waals surface area contributed by atoms with E-state index in [0.717, 1.165) is 37.5 Å². The molecule has 6 nitrogen and oxygen atoms in total. The van der Waals surface area contributed by atoms with Crippen molar-refractivity contribution in [3.8, 4) is 0 Å². The summed E-state index contributed by atoms with van der Waals surface area (Å²) < 4.78 is 7.33. The lowest BCUT2D eigenvalue weighted by molar-refractivity contribution is 0.166. The summed E-state index contributed by atoms with van der Waals surface area (Å²) in [6, 6.07) is 5.82. The Morgan fingerprint density at radius 2 is 2.45 bits per heavy atom. The average Bonchev–Trinajstić information content (AvgIpc) is 3.18. The lowest BCUT2D eigenvalue weighted by atomic mass is 10.1. The normalized spacial score (nSPS) is 17.8. The van der Waals surface area contributed by atoms with Crippen molar-refractivity contribution >= 4 is 11.7 Å². The Hall–Kier alpha value is -2.08. The molecule has 1 unspecified atom stereocenters. The molecular weight excluding hydrogens is 280 g/mol. The number of hydrogen-bond acceptors (Lipinski definition) is 3. The van der Waals surface area contributed by atoms with Crippen LogP contribution in [-0.4, -0.2) is 46.6 Å². The summed E-state index contributed by atoms with van der Waals surface area (Å²) in [6.07, 6.45) is 4.93. The molecule has 6 heteroatoms. The zero-order valence-electron chi connectivity index (χ0n) is 12.9. The van der Waals surface area contributed by atoms with E-state index in [2.05, 4.69) is 10.3 Å². The van der Waals surface area contributed by atoms with Gasteiger partial charge in [0.2, 0.25) is 0 Å². The molecule has 0 radical (unpaired) electrons. The van der Waals surface area contributed by atoms with E-state index in [9.17, 15) is 4.79 Å². The summed E-state index contributed by atoms with van der Waals surface area (Å²) in [6.45, 7) is 5.47. The molecule has 2 aromatic rings. The minimum Gasteiger partial charge on any atom is -0.381 e. The molecule has 3 rings (SSSR count). The number of fused-ring (bicyclic) bond motifs is 1. The number of carbonyl (C=O) groups excluding carboxylic acids is 1. The van der Waals surface area contributed by atoms with E-state index in [1.165, 1.54) is 0 Å². The topological polar surface area (TPSA) is 58.9 Å². The largest absolute Gasteiger partial charge is 0.381 e. The Balaban J connectivity index is 1.55. The Morgan fingerprint density at radius 3 is 3.18 bits per heavy atom. The predicted octanol–water partition coefficient (Wildman–Crippen LogP) is 1.90. The van der Waals surface area contributed by atoms with Crippen molar-refractivity contribution in [3.63, 3.8) is 0 Å². The van der Waals surface area contributed by atoms with Gasteiger partial charge in [-0.1, -0.05) is 6.07 Å². The Kier molecular flexibility index (Phi) is 4.58. The molecule has 1 aliphatic heterocycles. The van der Waals surface area contributed by atoms with Crippen molar-refractivity contribution in [2.45, 2.75) is 19.9 Å². The van der Waals surface area contributed by atoms with Gasteiger partial charge in [0.1, 0.15) is 5.65 Å². The van der Waals surface area contributed by atoms with Gasteiger partial charge >= 0.3 is 6.03 Å². The third-order valence-electron chi connectivity index (χ3n) is 4.01. The lowest BCUT2D eigenvalue weighted by Crippen LogP contribution is -2.42. The van der Waals surface area contributed by atoms with Gasteiger partial charge < -0.3 is 19.4 Å². The quantitative estimate of drug-likeness (QED) is 0.918. The Labute approximate surface area is 130 Å². The van der Waals surface area contributed by atoms with Gasteiger partial charge in [-0.05, 0) is 25.5 Å². The first-order chi connectivity index (χ1) is 10.8. The van der Waals surface area contributed by atoms with Gasteiger partial charge in [-0.3, -0.25) is 0 Å². The maximum absolute atomic E-state index is 12.3. The first-order valence-electron chi connectivity index (χ1n) is 7.79. The minimum atomic E-state index is -0.0357. The number of aromatic nitrogens is 2. The lowest BCUT2D eigenvalue weighted by Gasteiger charge is -2.23. The molecule has 1 saturated heterocycles. The number of imidazole rings is 1. The number of rotatable bonds is 5. The van der Waals surface area contributed by atoms with Crippen LogP contribution >= 0.6 is 0 Å². The fourth-order valence-electron chi connectivity index (χ4n) is 2.74. The van der Waals surface area contributed by atoms with Gasteiger partial charge in [0.15, 0.2) is 0 Å². The van der Waals surface area contributed by atoms with Crippen molar-refractivity contribution in [3.05, 3.63) is 36.3 Å². The molecule has 0 bridgehead atoms. The number of nitrogens with zero attached hydrogens (tertiary/aromatic N) is 3. The number of pyridine rings is 1. The monoisotopic (exact) mass is 302 g/mol. The van der Waals surface area contributed by atoms with Gasteiger partial charge in [-0.2, -0.15) is 0 Å². The molecule has 0 spiro atoms. The third-order valence-corrected chi connectivity index (χ3v) is 4.01. The van der Waals surface area contributed by atoms with Crippen LogP contribution < -0.4 is 5.32 Å². The average molecular weight is 302 g/mol. The zero-order chi connectivity index (χ0) is 15.4. The summed E-state index contributed by atoms with van der Waals surface area (Å²) >= 11 is 0. The molecule has 1 fully saturated rings. The number of ether oxygens (including phenoxy) is 1. The SMILES string of the molecule is CCN(CC1CCOC1)C(=O)NCc1cn2ccccc2n1. The molecule has 0 aromatic carbocycles. The Bertz CT molecular complexity index is 601. The van der Waals surface area contributed by atoms with Gasteiger partial charge in [0.05, 0.1) is 18.8 Å². The van der Waals surface area contributed by atoms with Gasteiger partial charge in [-0.15, -0.1) is 0 Å². The summed E-state index contributed by atoms with van der Waals surface area (Å²) in [4.78, 5) is 18.6. The predicted molar refractivity (Wildman–Crippen MR) is 83.6 cm³/mol. The van der Waals surface area contributed by atoms with Crippen LogP contribution in [0.2, 0.25) is 0 Å². The van der Waals surface area contributed by atoms with Crippen molar-refractivity contribution in [2.75, 3.05) is 26.3 Å². The van der Waals surface area contributed by atoms with E-state index >= 15 is 0 Å². The maximum Gasteiger partial charge on any atom is 0.317 e. The van der Waals surface area contributed by atoms with Crippen LogP contribution in [0.3, 0.4) is 0 Å². The molecule has 0 aliphatic carbocycles. The summed E-state index contributed by atoms with van der Waals surface area (Å²) in [7, 11) is 0. The maximum atomic E-state index is 12.3. The standard InChI is InChI=1S/C16H22N4O2/c1-2-19(10-13-6-8-22-12-13)16(21)17-9-14-11-20-7-4-3-5-15(20)18-14/h3-5,7,11,13H,2,6,8-10,12H2,1H3,(H,17,21). The molecular formula is C16H22N4O2. The van der Waals surface area contributed by atoms with Crippen LogP contribution in [0.15, 0.2) is 30.6 Å². The smallest absolute Gasteiger partial charge is 0.317 e. The highest BCUT2D eigenvalue weighted by Gasteiger charge is 2.21. The molecule has 2 aromatic heterocycles. The highest BCUT2D eigenvalue weighted by molar-refractivity contribution is 5.74. The number of nitrogens with one attached hydrogen (secondary N) is 1. The number of urea groups is 1. The number of amides is 2. The molecule has 1 aliphatic rings. The van der Waals surface area contributed by atoms with E-state index in [1.54, 1.807) is 0 Å². The van der Waals surface area contributed by atoms with Crippen molar-refractivity contribution in [1.82, 2.24) is 19.6 Å². The van der Waals surface area contributed by atoms with Crippen LogP contribution in [0.5, 0.6) is 0 Å². The second-order valence-electron chi connectivity index (χ2n) is 5.63. The zero-order valence-corrected chi connectivity index (χ0v) is 12.9. The molecule has 1 N–H and O–H groups in total. The first kappa shape index (κ1) is 14.8. The van der Waals surface area contributed by atoms with E-state index < -0.39 is 0 Å². The van der Waals surface area contributed by atoms with Crippen molar-refractivity contribution in [2.24, 2.45) is 5.92 Å². The number of carbonyl (C=O) groups is 1. The fourth-order valence-corrected chi connectivity index (χ4v) is 2.74. The molecule has 22 heavy (non-hydrogen) atoms. The van der Waals surface area contributed by atoms with E-state index in [1.807, 2.05) is 46.8 Å². The Morgan fingerprint density at radius 1 is 1.55 bits per heavy atom. The fraction of sp³-hybridized carbons (Fsp3) is 0.500. The highest BCUT2D eigenvalue weighted by atomic mass is 16.5. The molecule has 3 heterocycles. The van der Waals surface area contributed by atoms with E-state index in [0.29, 0.717) is 19.0 Å². The van der Waals surface area contributed by atoms with E-state index in [4.69, 9.17) is 4.74 Å². The van der Waals surface area contributed by atoms with Gasteiger partial charge in [0.25, 0.3) is 0 Å². The second kappa shape index (κ2) is 6.79. The molecule has 0 saturated carbocycles. The van der Waals surface area contributed by atoms with E-state index in [-0.39, 0.29) is 6.03 Å². The minimum absolute atomic E-state index is 0.0357. The van der Waals surface area contributed by atoms with Crippen molar-refractivity contribution < 1.29 is 9.53 Å². The van der Waals surface area contributed by atoms with Crippen LogP contribution in [0.25, 0.3) is 5.65 Å². The van der Waals surface area contributed by atoms with Gasteiger partial charge in [-0.25, -0.2) is 9.78 Å². The highest BCUT2D eigenvalue weighted by Crippen LogP contribution is 2.14. The summed E-state index contributed by atoms with van der Waals surface area (Å²) in [5.41, 5.74) is 1.75. The van der Waals surface area contributed by atoms with Crippen molar-refractivity contribution in [1.29, 1.82) is 0 Å².